The van der Waals surface area contributed by atoms with Gasteiger partial charge in [0.25, 0.3) is 0 Å². The molecule has 2 saturated heterocycles. The van der Waals surface area contributed by atoms with E-state index in [2.05, 4.69) is 36.0 Å². The molecule has 0 aromatic carbocycles. The first-order valence-electron chi connectivity index (χ1n) is 7.44. The van der Waals surface area contributed by atoms with E-state index in [-0.39, 0.29) is 12.2 Å². The first-order valence-corrected chi connectivity index (χ1v) is 7.44. The van der Waals surface area contributed by atoms with E-state index in [1.165, 1.54) is 19.4 Å². The minimum absolute atomic E-state index is 0.0617. The van der Waals surface area contributed by atoms with Gasteiger partial charge in [-0.25, -0.2) is 0 Å². The highest BCUT2D eigenvalue weighted by Crippen LogP contribution is 2.22. The zero-order chi connectivity index (χ0) is 13.1. The Labute approximate surface area is 111 Å². The molecule has 0 aromatic rings. The van der Waals surface area contributed by atoms with Crippen LogP contribution in [-0.4, -0.2) is 54.1 Å². The van der Waals surface area contributed by atoms with Crippen molar-refractivity contribution in [1.82, 2.24) is 15.1 Å². The minimum Gasteiger partial charge on any atom is -0.324 e. The van der Waals surface area contributed by atoms with Gasteiger partial charge >= 0.3 is 0 Å². The van der Waals surface area contributed by atoms with Crippen molar-refractivity contribution in [3.05, 3.63) is 0 Å². The second kappa shape index (κ2) is 6.02. The summed E-state index contributed by atoms with van der Waals surface area (Å²) in [5.74, 6) is 0.323. The molecule has 0 radical (unpaired) electrons. The van der Waals surface area contributed by atoms with Gasteiger partial charge in [-0.05, 0) is 39.3 Å². The average Bonchev–Trinajstić information content (AvgIpc) is 2.88. The second-order valence-corrected chi connectivity index (χ2v) is 5.70. The molecule has 3 atom stereocenters. The monoisotopic (exact) mass is 253 g/mol. The van der Waals surface area contributed by atoms with E-state index in [0.29, 0.717) is 11.9 Å². The van der Waals surface area contributed by atoms with E-state index in [1.54, 1.807) is 0 Å². The average molecular weight is 253 g/mol. The van der Waals surface area contributed by atoms with Gasteiger partial charge < -0.3 is 9.80 Å². The summed E-state index contributed by atoms with van der Waals surface area (Å²) in [5.41, 5.74) is 0. The summed E-state index contributed by atoms with van der Waals surface area (Å²) >= 11 is 0. The Morgan fingerprint density at radius 1 is 1.39 bits per heavy atom. The van der Waals surface area contributed by atoms with Crippen molar-refractivity contribution in [3.8, 4) is 0 Å². The molecule has 4 heteroatoms. The predicted octanol–water partition coefficient (Wildman–Crippen LogP) is 1.42. The molecular formula is C14H27N3O. The van der Waals surface area contributed by atoms with Crippen LogP contribution in [0, 0.1) is 0 Å². The van der Waals surface area contributed by atoms with Crippen molar-refractivity contribution in [2.45, 2.75) is 64.2 Å². The third-order valence-corrected chi connectivity index (χ3v) is 4.39. The van der Waals surface area contributed by atoms with Crippen LogP contribution in [-0.2, 0) is 4.79 Å². The first kappa shape index (κ1) is 13.8. The van der Waals surface area contributed by atoms with Crippen LogP contribution in [0.5, 0.6) is 0 Å². The van der Waals surface area contributed by atoms with Crippen molar-refractivity contribution in [2.75, 3.05) is 20.1 Å². The summed E-state index contributed by atoms with van der Waals surface area (Å²) in [6, 6.07) is 0.622. The van der Waals surface area contributed by atoms with Gasteiger partial charge in [0.15, 0.2) is 0 Å². The molecule has 2 heterocycles. The molecule has 0 spiro atoms. The van der Waals surface area contributed by atoms with Gasteiger partial charge in [0.2, 0.25) is 5.91 Å². The lowest BCUT2D eigenvalue weighted by Crippen LogP contribution is -2.44. The van der Waals surface area contributed by atoms with Gasteiger partial charge in [-0.15, -0.1) is 0 Å². The fourth-order valence-corrected chi connectivity index (χ4v) is 3.24. The highest BCUT2D eigenvalue weighted by molar-refractivity contribution is 5.84. The Bertz CT molecular complexity index is 295. The fraction of sp³-hybridized carbons (Fsp3) is 0.929. The largest absolute Gasteiger partial charge is 0.324 e. The molecule has 4 nitrogen and oxygen atoms in total. The summed E-state index contributed by atoms with van der Waals surface area (Å²) in [6.07, 6.45) is 5.79. The second-order valence-electron chi connectivity index (χ2n) is 5.70. The van der Waals surface area contributed by atoms with E-state index in [4.69, 9.17) is 0 Å². The zero-order valence-electron chi connectivity index (χ0n) is 12.0. The lowest BCUT2D eigenvalue weighted by atomic mass is 10.1. The molecule has 0 bridgehead atoms. The van der Waals surface area contributed by atoms with Crippen LogP contribution in [0.3, 0.4) is 0 Å². The number of nitrogens with one attached hydrogen (secondary N) is 1. The Morgan fingerprint density at radius 3 is 2.72 bits per heavy atom. The van der Waals surface area contributed by atoms with E-state index < -0.39 is 0 Å². The molecule has 18 heavy (non-hydrogen) atoms. The molecule has 0 saturated carbocycles. The number of likely N-dealkylation sites (N-methyl/N-ethyl adjacent to an activating group) is 1. The smallest absolute Gasteiger partial charge is 0.241 e. The minimum atomic E-state index is 0.0617. The van der Waals surface area contributed by atoms with Gasteiger partial charge in [-0.1, -0.05) is 20.3 Å². The number of likely N-dealkylation sites (tertiary alicyclic amines) is 1. The SMILES string of the molecule is CCCC1NC(CC)N(CC2CCCN2C)C1=O. The summed E-state index contributed by atoms with van der Waals surface area (Å²) in [6.45, 7) is 6.38. The third kappa shape index (κ3) is 2.69. The maximum Gasteiger partial charge on any atom is 0.241 e. The molecule has 2 rings (SSSR count). The van der Waals surface area contributed by atoms with Gasteiger partial charge in [-0.2, -0.15) is 0 Å². The summed E-state index contributed by atoms with van der Waals surface area (Å²) in [5, 5.41) is 3.49. The molecule has 1 N–H and O–H groups in total. The number of nitrogens with zero attached hydrogens (tertiary/aromatic N) is 2. The first-order chi connectivity index (χ1) is 8.67. The molecule has 2 aliphatic rings. The number of hydrogen-bond acceptors (Lipinski definition) is 3. The van der Waals surface area contributed by atoms with Crippen molar-refractivity contribution < 1.29 is 4.79 Å². The number of carbonyl (C=O) groups is 1. The van der Waals surface area contributed by atoms with Crippen LogP contribution >= 0.6 is 0 Å². The Kier molecular flexibility index (Phi) is 4.62. The maximum absolute atomic E-state index is 12.4. The van der Waals surface area contributed by atoms with Gasteiger partial charge in [0, 0.05) is 12.6 Å². The van der Waals surface area contributed by atoms with Gasteiger partial charge in [0.05, 0.1) is 12.2 Å². The van der Waals surface area contributed by atoms with Crippen LogP contribution in [0.2, 0.25) is 0 Å². The predicted molar refractivity (Wildman–Crippen MR) is 73.3 cm³/mol. The highest BCUT2D eigenvalue weighted by Gasteiger charge is 2.39. The molecule has 0 aliphatic carbocycles. The number of amides is 1. The van der Waals surface area contributed by atoms with Crippen LogP contribution < -0.4 is 5.32 Å². The number of hydrogen-bond donors (Lipinski definition) is 1. The molecule has 0 aromatic heterocycles. The maximum atomic E-state index is 12.4. The van der Waals surface area contributed by atoms with Gasteiger partial charge in [0.1, 0.15) is 0 Å². The normalized spacial score (nSPS) is 33.6. The highest BCUT2D eigenvalue weighted by atomic mass is 16.2. The number of carbonyl (C=O) groups excluding carboxylic acids is 1. The van der Waals surface area contributed by atoms with Gasteiger partial charge in [-0.3, -0.25) is 10.1 Å². The fourth-order valence-electron chi connectivity index (χ4n) is 3.24. The standard InChI is InChI=1S/C14H27N3O/c1-4-7-12-14(18)17(13(5-2)15-12)10-11-8-6-9-16(11)3/h11-13,15H,4-10H2,1-3H3. The zero-order valence-corrected chi connectivity index (χ0v) is 12.0. The van der Waals surface area contributed by atoms with Crippen LogP contribution in [0.4, 0.5) is 0 Å². The van der Waals surface area contributed by atoms with Crippen LogP contribution in [0.25, 0.3) is 0 Å². The summed E-state index contributed by atoms with van der Waals surface area (Å²) < 4.78 is 0. The third-order valence-electron chi connectivity index (χ3n) is 4.39. The summed E-state index contributed by atoms with van der Waals surface area (Å²) in [7, 11) is 2.18. The molecule has 2 fully saturated rings. The van der Waals surface area contributed by atoms with Crippen LogP contribution in [0.1, 0.15) is 46.0 Å². The van der Waals surface area contributed by atoms with Crippen LogP contribution in [0.15, 0.2) is 0 Å². The van der Waals surface area contributed by atoms with E-state index in [0.717, 1.165) is 25.8 Å². The Balaban J connectivity index is 1.98. The molecule has 3 unspecified atom stereocenters. The van der Waals surface area contributed by atoms with E-state index in [9.17, 15) is 4.79 Å². The molecular weight excluding hydrogens is 226 g/mol. The van der Waals surface area contributed by atoms with E-state index in [1.807, 2.05) is 0 Å². The lowest BCUT2D eigenvalue weighted by molar-refractivity contribution is -0.130. The molecule has 1 amide bonds. The molecule has 104 valence electrons. The lowest BCUT2D eigenvalue weighted by Gasteiger charge is -2.29. The molecule has 2 aliphatic heterocycles. The quantitative estimate of drug-likeness (QED) is 0.805. The van der Waals surface area contributed by atoms with E-state index >= 15 is 0 Å². The Morgan fingerprint density at radius 2 is 2.17 bits per heavy atom. The number of rotatable bonds is 5. The van der Waals surface area contributed by atoms with Crippen molar-refractivity contribution in [2.24, 2.45) is 0 Å². The topological polar surface area (TPSA) is 35.6 Å². The van der Waals surface area contributed by atoms with Crippen molar-refractivity contribution in [1.29, 1.82) is 0 Å². The Hall–Kier alpha value is -0.610. The van der Waals surface area contributed by atoms with Crippen molar-refractivity contribution in [3.63, 3.8) is 0 Å². The summed E-state index contributed by atoms with van der Waals surface area (Å²) in [4.78, 5) is 16.9. The van der Waals surface area contributed by atoms with Crippen molar-refractivity contribution >= 4 is 5.91 Å².